The number of aliphatic hydroxyl groups is 1. The highest BCUT2D eigenvalue weighted by molar-refractivity contribution is 5.94. The summed E-state index contributed by atoms with van der Waals surface area (Å²) >= 11 is 0. The minimum atomic E-state index is -0.0866. The van der Waals surface area contributed by atoms with Crippen LogP contribution >= 0.6 is 0 Å². The summed E-state index contributed by atoms with van der Waals surface area (Å²) in [7, 11) is 0. The smallest absolute Gasteiger partial charge is 0.251 e. The summed E-state index contributed by atoms with van der Waals surface area (Å²) in [5.74, 6) is -0.0308. The molecule has 1 fully saturated rings. The van der Waals surface area contributed by atoms with Crippen molar-refractivity contribution in [1.82, 2.24) is 5.32 Å². The van der Waals surface area contributed by atoms with E-state index in [0.29, 0.717) is 12.1 Å². The first kappa shape index (κ1) is 16.0. The molecule has 1 aromatic carbocycles. The van der Waals surface area contributed by atoms with Crippen LogP contribution in [0.1, 0.15) is 61.4 Å². The fourth-order valence-electron chi connectivity index (χ4n) is 3.09. The first-order valence-electron chi connectivity index (χ1n) is 8.17. The second-order valence-corrected chi connectivity index (χ2v) is 6.35. The Bertz CT molecular complexity index is 447. The molecule has 1 amide bonds. The van der Waals surface area contributed by atoms with Gasteiger partial charge in [0.05, 0.1) is 6.61 Å². The highest BCUT2D eigenvalue weighted by Gasteiger charge is 2.33. The maximum absolute atomic E-state index is 12.2. The number of aliphatic hydroxyl groups excluding tert-OH is 1. The van der Waals surface area contributed by atoms with Gasteiger partial charge in [-0.1, -0.05) is 38.3 Å². The first-order valence-corrected chi connectivity index (χ1v) is 8.17. The topological polar surface area (TPSA) is 49.3 Å². The van der Waals surface area contributed by atoms with Gasteiger partial charge in [0.15, 0.2) is 0 Å². The molecule has 0 spiro atoms. The molecule has 1 saturated carbocycles. The number of unbranched alkanes of at least 4 members (excludes halogenated alkanes) is 1. The van der Waals surface area contributed by atoms with Gasteiger partial charge in [-0.15, -0.1) is 0 Å². The van der Waals surface area contributed by atoms with Crippen LogP contribution in [0.15, 0.2) is 24.3 Å². The van der Waals surface area contributed by atoms with Gasteiger partial charge in [0, 0.05) is 17.5 Å². The van der Waals surface area contributed by atoms with Gasteiger partial charge in [-0.25, -0.2) is 0 Å². The van der Waals surface area contributed by atoms with E-state index in [-0.39, 0.29) is 17.9 Å². The highest BCUT2D eigenvalue weighted by Crippen LogP contribution is 2.36. The lowest BCUT2D eigenvalue weighted by Gasteiger charge is -2.26. The lowest BCUT2D eigenvalue weighted by molar-refractivity contribution is 0.0880. The number of hydrogen-bond donors (Lipinski definition) is 2. The van der Waals surface area contributed by atoms with Crippen molar-refractivity contribution in [3.05, 3.63) is 35.4 Å². The molecule has 0 aliphatic heterocycles. The summed E-state index contributed by atoms with van der Waals surface area (Å²) in [5.41, 5.74) is 1.91. The van der Waals surface area contributed by atoms with Crippen molar-refractivity contribution in [2.45, 2.75) is 51.9 Å². The lowest BCUT2D eigenvalue weighted by Crippen LogP contribution is -2.38. The number of carbonyl (C=O) groups is 1. The van der Waals surface area contributed by atoms with Crippen LogP contribution in [-0.2, 0) is 6.42 Å². The van der Waals surface area contributed by atoms with Crippen molar-refractivity contribution in [2.75, 3.05) is 13.2 Å². The Labute approximate surface area is 127 Å². The highest BCUT2D eigenvalue weighted by atomic mass is 16.3. The fraction of sp³-hybridized carbons (Fsp3) is 0.611. The minimum Gasteiger partial charge on any atom is -0.396 e. The predicted molar refractivity (Wildman–Crippen MR) is 85.4 cm³/mol. The van der Waals surface area contributed by atoms with Gasteiger partial charge in [-0.05, 0) is 43.4 Å². The van der Waals surface area contributed by atoms with Crippen LogP contribution in [0.4, 0.5) is 0 Å². The van der Waals surface area contributed by atoms with Crippen molar-refractivity contribution in [2.24, 2.45) is 5.41 Å². The van der Waals surface area contributed by atoms with Crippen LogP contribution < -0.4 is 5.32 Å². The Morgan fingerprint density at radius 2 is 1.90 bits per heavy atom. The number of benzene rings is 1. The molecule has 0 atom stereocenters. The maximum atomic E-state index is 12.2. The van der Waals surface area contributed by atoms with E-state index in [1.165, 1.54) is 18.4 Å². The standard InChI is InChI=1S/C18H27NO2/c1-2-3-6-15-7-9-16(10-8-15)17(21)19-13-18(14-20)11-4-5-12-18/h7-10,20H,2-6,11-14H2,1H3,(H,19,21). The zero-order valence-electron chi connectivity index (χ0n) is 13.0. The molecule has 0 aromatic heterocycles. The van der Waals surface area contributed by atoms with Crippen molar-refractivity contribution in [3.8, 4) is 0 Å². The van der Waals surface area contributed by atoms with Crippen LogP contribution in [0, 0.1) is 5.41 Å². The quantitative estimate of drug-likeness (QED) is 0.809. The minimum absolute atomic E-state index is 0.0308. The summed E-state index contributed by atoms with van der Waals surface area (Å²) in [6.07, 6.45) is 7.78. The monoisotopic (exact) mass is 289 g/mol. The van der Waals surface area contributed by atoms with Crippen LogP contribution in [0.25, 0.3) is 0 Å². The van der Waals surface area contributed by atoms with Crippen molar-refractivity contribution >= 4 is 5.91 Å². The third kappa shape index (κ3) is 4.31. The van der Waals surface area contributed by atoms with Crippen LogP contribution in [-0.4, -0.2) is 24.2 Å². The Balaban J connectivity index is 1.88. The number of rotatable bonds is 7. The summed E-state index contributed by atoms with van der Waals surface area (Å²) in [6, 6.07) is 7.89. The van der Waals surface area contributed by atoms with Crippen LogP contribution in [0.2, 0.25) is 0 Å². The molecule has 0 heterocycles. The average molecular weight is 289 g/mol. The maximum Gasteiger partial charge on any atom is 0.251 e. The average Bonchev–Trinajstić information content (AvgIpc) is 3.00. The second kappa shape index (κ2) is 7.60. The molecule has 0 saturated heterocycles. The van der Waals surface area contributed by atoms with E-state index in [2.05, 4.69) is 12.2 Å². The van der Waals surface area contributed by atoms with Gasteiger partial charge in [0.1, 0.15) is 0 Å². The molecule has 3 nitrogen and oxygen atoms in total. The molecule has 1 aliphatic carbocycles. The summed E-state index contributed by atoms with van der Waals surface area (Å²) in [6.45, 7) is 2.94. The van der Waals surface area contributed by atoms with Crippen LogP contribution in [0.5, 0.6) is 0 Å². The second-order valence-electron chi connectivity index (χ2n) is 6.35. The predicted octanol–water partition coefficient (Wildman–Crippen LogP) is 3.31. The van der Waals surface area contributed by atoms with E-state index in [4.69, 9.17) is 0 Å². The van der Waals surface area contributed by atoms with Gasteiger partial charge < -0.3 is 10.4 Å². The molecule has 2 rings (SSSR count). The van der Waals surface area contributed by atoms with Crippen molar-refractivity contribution in [3.63, 3.8) is 0 Å². The van der Waals surface area contributed by atoms with E-state index >= 15 is 0 Å². The van der Waals surface area contributed by atoms with Gasteiger partial charge in [0.2, 0.25) is 0 Å². The van der Waals surface area contributed by atoms with E-state index in [1.54, 1.807) is 0 Å². The molecule has 116 valence electrons. The molecular formula is C18H27NO2. The van der Waals surface area contributed by atoms with Crippen molar-refractivity contribution < 1.29 is 9.90 Å². The summed E-state index contributed by atoms with van der Waals surface area (Å²) < 4.78 is 0. The number of amides is 1. The number of aryl methyl sites for hydroxylation is 1. The van der Waals surface area contributed by atoms with E-state index in [9.17, 15) is 9.90 Å². The number of hydrogen-bond acceptors (Lipinski definition) is 2. The van der Waals surface area contributed by atoms with Gasteiger partial charge in [-0.3, -0.25) is 4.79 Å². The molecule has 2 N–H and O–H groups in total. The van der Waals surface area contributed by atoms with Gasteiger partial charge >= 0.3 is 0 Å². The third-order valence-corrected chi connectivity index (χ3v) is 4.66. The van der Waals surface area contributed by atoms with E-state index in [0.717, 1.165) is 32.1 Å². The normalized spacial score (nSPS) is 16.9. The first-order chi connectivity index (χ1) is 10.2. The molecule has 0 unspecified atom stereocenters. The molecule has 1 aromatic rings. The molecule has 3 heteroatoms. The van der Waals surface area contributed by atoms with E-state index in [1.807, 2.05) is 24.3 Å². The Kier molecular flexibility index (Phi) is 5.80. The molecule has 0 radical (unpaired) electrons. The Hall–Kier alpha value is -1.35. The summed E-state index contributed by atoms with van der Waals surface area (Å²) in [5, 5.41) is 12.6. The zero-order chi connectivity index (χ0) is 15.1. The molecule has 1 aliphatic rings. The molecular weight excluding hydrogens is 262 g/mol. The summed E-state index contributed by atoms with van der Waals surface area (Å²) in [4.78, 5) is 12.2. The third-order valence-electron chi connectivity index (χ3n) is 4.66. The fourth-order valence-corrected chi connectivity index (χ4v) is 3.09. The van der Waals surface area contributed by atoms with E-state index < -0.39 is 0 Å². The lowest BCUT2D eigenvalue weighted by atomic mass is 9.87. The zero-order valence-corrected chi connectivity index (χ0v) is 13.0. The van der Waals surface area contributed by atoms with Crippen LogP contribution in [0.3, 0.4) is 0 Å². The molecule has 21 heavy (non-hydrogen) atoms. The Morgan fingerprint density at radius 3 is 2.48 bits per heavy atom. The largest absolute Gasteiger partial charge is 0.396 e. The Morgan fingerprint density at radius 1 is 1.24 bits per heavy atom. The van der Waals surface area contributed by atoms with Gasteiger partial charge in [0.25, 0.3) is 5.91 Å². The van der Waals surface area contributed by atoms with Crippen molar-refractivity contribution in [1.29, 1.82) is 0 Å². The molecule has 0 bridgehead atoms. The van der Waals surface area contributed by atoms with Gasteiger partial charge in [-0.2, -0.15) is 0 Å². The number of nitrogens with one attached hydrogen (secondary N) is 1. The SMILES string of the molecule is CCCCc1ccc(C(=O)NCC2(CO)CCCC2)cc1. The number of carbonyl (C=O) groups excluding carboxylic acids is 1.